The van der Waals surface area contributed by atoms with Gasteiger partial charge in [0.2, 0.25) is 0 Å². The first-order valence-corrected chi connectivity index (χ1v) is 5.20. The van der Waals surface area contributed by atoms with Gasteiger partial charge in [0.05, 0.1) is 0 Å². The molecule has 1 aromatic rings. The normalized spacial score (nSPS) is 19.8. The maximum Gasteiger partial charge on any atom is 0.0235 e. The first kappa shape index (κ1) is 9.69. The van der Waals surface area contributed by atoms with Crippen LogP contribution in [0, 0.1) is 6.07 Å². The summed E-state index contributed by atoms with van der Waals surface area (Å²) < 4.78 is 0. The minimum absolute atomic E-state index is 1.07. The lowest BCUT2D eigenvalue weighted by Gasteiger charge is -2.32. The van der Waals surface area contributed by atoms with Gasteiger partial charge in [-0.15, -0.1) is 0 Å². The third kappa shape index (κ3) is 2.56. The van der Waals surface area contributed by atoms with Crippen molar-refractivity contribution in [2.45, 2.75) is 6.54 Å². The van der Waals surface area contributed by atoms with Gasteiger partial charge in [-0.25, -0.2) is 0 Å². The Balaban J connectivity index is 1.87. The van der Waals surface area contributed by atoms with Crippen molar-refractivity contribution in [3.05, 3.63) is 35.9 Å². The Morgan fingerprint density at radius 2 is 2.07 bits per heavy atom. The zero-order chi connectivity index (χ0) is 9.80. The minimum atomic E-state index is 1.07. The van der Waals surface area contributed by atoms with Crippen LogP contribution in [0.3, 0.4) is 0 Å². The second-order valence-electron chi connectivity index (χ2n) is 3.99. The molecule has 1 saturated heterocycles. The standard InChI is InChI=1S/C12H17N2/c1-13-7-9-14(10-8-13)11-12-5-3-2-4-6-12/h2-3,5-6H,7-11H2,1H3. The Hall–Kier alpha value is -0.860. The molecular formula is C12H17N2. The van der Waals surface area contributed by atoms with Crippen molar-refractivity contribution in [2.24, 2.45) is 0 Å². The van der Waals surface area contributed by atoms with Crippen LogP contribution in [0.5, 0.6) is 0 Å². The fourth-order valence-corrected chi connectivity index (χ4v) is 1.79. The molecule has 1 aromatic carbocycles. The molecule has 14 heavy (non-hydrogen) atoms. The van der Waals surface area contributed by atoms with Crippen LogP contribution in [-0.2, 0) is 6.54 Å². The SMILES string of the molecule is CN1CCN(Cc2c[c]ccc2)CC1. The summed E-state index contributed by atoms with van der Waals surface area (Å²) in [5.41, 5.74) is 1.37. The highest BCUT2D eigenvalue weighted by Crippen LogP contribution is 2.06. The summed E-state index contributed by atoms with van der Waals surface area (Å²) in [6, 6.07) is 11.4. The van der Waals surface area contributed by atoms with E-state index in [0.717, 1.165) is 6.54 Å². The van der Waals surface area contributed by atoms with E-state index >= 15 is 0 Å². The van der Waals surface area contributed by atoms with Gasteiger partial charge < -0.3 is 4.90 Å². The highest BCUT2D eigenvalue weighted by atomic mass is 15.2. The molecule has 1 fully saturated rings. The van der Waals surface area contributed by atoms with Crippen molar-refractivity contribution in [1.82, 2.24) is 9.80 Å². The van der Waals surface area contributed by atoms with Gasteiger partial charge in [0.1, 0.15) is 0 Å². The molecule has 0 atom stereocenters. The molecule has 0 amide bonds. The zero-order valence-corrected chi connectivity index (χ0v) is 8.74. The number of rotatable bonds is 2. The van der Waals surface area contributed by atoms with E-state index in [1.807, 2.05) is 6.07 Å². The third-order valence-electron chi connectivity index (χ3n) is 2.77. The number of benzene rings is 1. The quantitative estimate of drug-likeness (QED) is 0.690. The van der Waals surface area contributed by atoms with Crippen LogP contribution in [0.25, 0.3) is 0 Å². The van der Waals surface area contributed by atoms with Crippen molar-refractivity contribution in [3.8, 4) is 0 Å². The Bertz CT molecular complexity index is 263. The molecule has 2 heteroatoms. The molecule has 1 aliphatic rings. The Morgan fingerprint density at radius 3 is 2.71 bits per heavy atom. The molecule has 0 aliphatic carbocycles. The Kier molecular flexibility index (Phi) is 3.17. The van der Waals surface area contributed by atoms with Crippen molar-refractivity contribution >= 4 is 0 Å². The molecule has 1 aliphatic heterocycles. The number of piperazine rings is 1. The van der Waals surface area contributed by atoms with Gasteiger partial charge in [-0.05, 0) is 24.7 Å². The summed E-state index contributed by atoms with van der Waals surface area (Å²) in [6.45, 7) is 5.83. The zero-order valence-electron chi connectivity index (χ0n) is 8.74. The highest BCUT2D eigenvalue weighted by Gasteiger charge is 2.13. The molecule has 0 N–H and O–H groups in total. The van der Waals surface area contributed by atoms with Crippen molar-refractivity contribution in [3.63, 3.8) is 0 Å². The van der Waals surface area contributed by atoms with Crippen LogP contribution in [0.15, 0.2) is 24.3 Å². The van der Waals surface area contributed by atoms with Gasteiger partial charge in [-0.3, -0.25) is 4.90 Å². The van der Waals surface area contributed by atoms with Crippen LogP contribution < -0.4 is 0 Å². The average Bonchev–Trinajstić information content (AvgIpc) is 2.23. The number of nitrogens with zero attached hydrogens (tertiary/aromatic N) is 2. The molecule has 1 radical (unpaired) electrons. The van der Waals surface area contributed by atoms with E-state index in [4.69, 9.17) is 0 Å². The van der Waals surface area contributed by atoms with Crippen molar-refractivity contribution in [1.29, 1.82) is 0 Å². The third-order valence-corrected chi connectivity index (χ3v) is 2.77. The van der Waals surface area contributed by atoms with E-state index in [1.165, 1.54) is 31.7 Å². The largest absolute Gasteiger partial charge is 0.304 e. The van der Waals surface area contributed by atoms with Gasteiger partial charge in [-0.1, -0.05) is 18.2 Å². The van der Waals surface area contributed by atoms with E-state index in [2.05, 4.69) is 41.1 Å². The van der Waals surface area contributed by atoms with E-state index in [9.17, 15) is 0 Å². The second-order valence-corrected chi connectivity index (χ2v) is 3.99. The lowest BCUT2D eigenvalue weighted by Crippen LogP contribution is -2.43. The van der Waals surface area contributed by atoms with Gasteiger partial charge >= 0.3 is 0 Å². The maximum absolute atomic E-state index is 3.12. The molecule has 0 unspecified atom stereocenters. The Labute approximate surface area is 86.1 Å². The van der Waals surface area contributed by atoms with Gasteiger partial charge in [0.25, 0.3) is 0 Å². The van der Waals surface area contributed by atoms with Crippen LogP contribution in [0.2, 0.25) is 0 Å². The molecule has 75 valence electrons. The Morgan fingerprint density at radius 1 is 1.29 bits per heavy atom. The van der Waals surface area contributed by atoms with Gasteiger partial charge in [0.15, 0.2) is 0 Å². The van der Waals surface area contributed by atoms with Gasteiger partial charge in [0, 0.05) is 32.7 Å². The molecule has 0 spiro atoms. The van der Waals surface area contributed by atoms with E-state index < -0.39 is 0 Å². The second kappa shape index (κ2) is 4.58. The first-order chi connectivity index (χ1) is 6.84. The lowest BCUT2D eigenvalue weighted by atomic mass is 10.2. The lowest BCUT2D eigenvalue weighted by molar-refractivity contribution is 0.148. The molecule has 1 heterocycles. The summed E-state index contributed by atoms with van der Waals surface area (Å²) in [5, 5.41) is 0. The molecule has 2 rings (SSSR count). The topological polar surface area (TPSA) is 6.48 Å². The van der Waals surface area contributed by atoms with Crippen LogP contribution in [-0.4, -0.2) is 43.0 Å². The summed E-state index contributed by atoms with van der Waals surface area (Å²) in [4.78, 5) is 4.89. The summed E-state index contributed by atoms with van der Waals surface area (Å²) >= 11 is 0. The predicted molar refractivity (Wildman–Crippen MR) is 58.1 cm³/mol. The highest BCUT2D eigenvalue weighted by molar-refractivity contribution is 5.13. The number of hydrogen-bond acceptors (Lipinski definition) is 2. The van der Waals surface area contributed by atoms with E-state index in [0.29, 0.717) is 0 Å². The monoisotopic (exact) mass is 189 g/mol. The molecule has 0 saturated carbocycles. The average molecular weight is 189 g/mol. The molecular weight excluding hydrogens is 172 g/mol. The van der Waals surface area contributed by atoms with Crippen LogP contribution in [0.1, 0.15) is 5.56 Å². The smallest absolute Gasteiger partial charge is 0.0235 e. The van der Waals surface area contributed by atoms with E-state index in [-0.39, 0.29) is 0 Å². The molecule has 2 nitrogen and oxygen atoms in total. The number of likely N-dealkylation sites (N-methyl/N-ethyl adjacent to an activating group) is 1. The van der Waals surface area contributed by atoms with Gasteiger partial charge in [-0.2, -0.15) is 0 Å². The van der Waals surface area contributed by atoms with Crippen LogP contribution in [0.4, 0.5) is 0 Å². The fraction of sp³-hybridized carbons (Fsp3) is 0.500. The van der Waals surface area contributed by atoms with Crippen LogP contribution >= 0.6 is 0 Å². The summed E-state index contributed by atoms with van der Waals surface area (Å²) in [7, 11) is 2.19. The van der Waals surface area contributed by atoms with Crippen molar-refractivity contribution in [2.75, 3.05) is 33.2 Å². The minimum Gasteiger partial charge on any atom is -0.304 e. The first-order valence-electron chi connectivity index (χ1n) is 5.20. The fourth-order valence-electron chi connectivity index (χ4n) is 1.79. The predicted octanol–water partition coefficient (Wildman–Crippen LogP) is 1.23. The van der Waals surface area contributed by atoms with Crippen molar-refractivity contribution < 1.29 is 0 Å². The molecule has 0 bridgehead atoms. The summed E-state index contributed by atoms with van der Waals surface area (Å²) in [5.74, 6) is 0. The number of hydrogen-bond donors (Lipinski definition) is 0. The molecule has 0 aromatic heterocycles. The maximum atomic E-state index is 3.12. The van der Waals surface area contributed by atoms with E-state index in [1.54, 1.807) is 0 Å². The summed E-state index contributed by atoms with van der Waals surface area (Å²) in [6.07, 6.45) is 0.